The van der Waals surface area contributed by atoms with Crippen LogP contribution in [0.15, 0.2) is 24.3 Å². The van der Waals surface area contributed by atoms with Crippen molar-refractivity contribution in [2.24, 2.45) is 0 Å². The summed E-state index contributed by atoms with van der Waals surface area (Å²) >= 11 is 0. The topological polar surface area (TPSA) is 38.8 Å². The normalized spacial score (nSPS) is 16.0. The van der Waals surface area contributed by atoms with Gasteiger partial charge in [0.1, 0.15) is 5.75 Å². The van der Waals surface area contributed by atoms with Crippen LogP contribution in [0.25, 0.3) is 0 Å². The fraction of sp³-hybridized carbons (Fsp3) is 0.611. The van der Waals surface area contributed by atoms with Gasteiger partial charge >= 0.3 is 5.97 Å². The van der Waals surface area contributed by atoms with E-state index in [-0.39, 0.29) is 5.97 Å². The van der Waals surface area contributed by atoms with Gasteiger partial charge < -0.3 is 14.4 Å². The van der Waals surface area contributed by atoms with Gasteiger partial charge in [0.05, 0.1) is 20.1 Å². The summed E-state index contributed by atoms with van der Waals surface area (Å²) in [7, 11) is 1.41. The lowest BCUT2D eigenvalue weighted by molar-refractivity contribution is -0.139. The third kappa shape index (κ3) is 6.06. The second-order valence-corrected chi connectivity index (χ2v) is 5.85. The SMILES string of the molecule is COC(=O)Cc1ccc(OCCCN2CCCCCC2)cc1. The summed E-state index contributed by atoms with van der Waals surface area (Å²) in [5.74, 6) is 0.649. The lowest BCUT2D eigenvalue weighted by Crippen LogP contribution is -2.26. The second-order valence-electron chi connectivity index (χ2n) is 5.85. The van der Waals surface area contributed by atoms with E-state index in [4.69, 9.17) is 4.74 Å². The zero-order valence-electron chi connectivity index (χ0n) is 13.6. The molecule has 1 saturated heterocycles. The molecule has 1 aromatic carbocycles. The number of carbonyl (C=O) groups excluding carboxylic acids is 1. The predicted molar refractivity (Wildman–Crippen MR) is 87.2 cm³/mol. The van der Waals surface area contributed by atoms with E-state index in [1.165, 1.54) is 45.9 Å². The van der Waals surface area contributed by atoms with E-state index in [9.17, 15) is 4.79 Å². The molecule has 0 amide bonds. The maximum absolute atomic E-state index is 11.2. The van der Waals surface area contributed by atoms with Crippen LogP contribution in [0, 0.1) is 0 Å². The van der Waals surface area contributed by atoms with Crippen LogP contribution < -0.4 is 4.74 Å². The number of ether oxygens (including phenoxy) is 2. The van der Waals surface area contributed by atoms with Gasteiger partial charge in [0.15, 0.2) is 0 Å². The molecule has 0 aliphatic carbocycles. The highest BCUT2D eigenvalue weighted by Crippen LogP contribution is 2.14. The summed E-state index contributed by atoms with van der Waals surface area (Å²) in [4.78, 5) is 13.7. The highest BCUT2D eigenvalue weighted by molar-refractivity contribution is 5.72. The van der Waals surface area contributed by atoms with Crippen molar-refractivity contribution < 1.29 is 14.3 Å². The van der Waals surface area contributed by atoms with Gasteiger partial charge in [0.25, 0.3) is 0 Å². The Balaban J connectivity index is 1.65. The Kier molecular flexibility index (Phi) is 7.23. The highest BCUT2D eigenvalue weighted by atomic mass is 16.5. The lowest BCUT2D eigenvalue weighted by Gasteiger charge is -2.19. The molecule has 0 bridgehead atoms. The van der Waals surface area contributed by atoms with Gasteiger partial charge in [-0.2, -0.15) is 0 Å². The summed E-state index contributed by atoms with van der Waals surface area (Å²) in [6.07, 6.45) is 6.80. The van der Waals surface area contributed by atoms with Crippen LogP contribution in [0.1, 0.15) is 37.7 Å². The Hall–Kier alpha value is -1.55. The Morgan fingerprint density at radius 2 is 1.77 bits per heavy atom. The first-order valence-electron chi connectivity index (χ1n) is 8.29. The first-order valence-corrected chi connectivity index (χ1v) is 8.29. The van der Waals surface area contributed by atoms with E-state index in [1.807, 2.05) is 24.3 Å². The quantitative estimate of drug-likeness (QED) is 0.573. The van der Waals surface area contributed by atoms with Crippen LogP contribution in [0.2, 0.25) is 0 Å². The average Bonchev–Trinajstić information content (AvgIpc) is 2.81. The third-order valence-corrected chi connectivity index (χ3v) is 4.09. The standard InChI is InChI=1S/C18H27NO3/c1-21-18(20)15-16-7-9-17(10-8-16)22-14-6-13-19-11-4-2-3-5-12-19/h7-10H,2-6,11-15H2,1H3. The summed E-state index contributed by atoms with van der Waals surface area (Å²) < 4.78 is 10.4. The van der Waals surface area contributed by atoms with Crippen molar-refractivity contribution in [1.82, 2.24) is 4.90 Å². The minimum Gasteiger partial charge on any atom is -0.494 e. The zero-order valence-corrected chi connectivity index (χ0v) is 13.6. The molecule has 4 nitrogen and oxygen atoms in total. The van der Waals surface area contributed by atoms with Crippen molar-refractivity contribution >= 4 is 5.97 Å². The van der Waals surface area contributed by atoms with Crippen LogP contribution in [-0.2, 0) is 16.0 Å². The van der Waals surface area contributed by atoms with Crippen molar-refractivity contribution in [2.45, 2.75) is 38.5 Å². The molecule has 0 aromatic heterocycles. The van der Waals surface area contributed by atoms with Crippen LogP contribution in [0.5, 0.6) is 5.75 Å². The monoisotopic (exact) mass is 305 g/mol. The summed E-state index contributed by atoms with van der Waals surface area (Å²) in [5, 5.41) is 0. The van der Waals surface area contributed by atoms with E-state index >= 15 is 0 Å². The minimum absolute atomic E-state index is 0.217. The maximum atomic E-state index is 11.2. The van der Waals surface area contributed by atoms with Crippen molar-refractivity contribution in [1.29, 1.82) is 0 Å². The number of hydrogen-bond acceptors (Lipinski definition) is 4. The molecule has 0 radical (unpaired) electrons. The molecule has 1 aliphatic rings. The molecule has 0 spiro atoms. The molecule has 1 heterocycles. The van der Waals surface area contributed by atoms with E-state index in [0.717, 1.165) is 30.9 Å². The second kappa shape index (κ2) is 9.46. The number of rotatable bonds is 7. The number of carbonyl (C=O) groups is 1. The Morgan fingerprint density at radius 1 is 1.09 bits per heavy atom. The van der Waals surface area contributed by atoms with E-state index < -0.39 is 0 Å². The van der Waals surface area contributed by atoms with E-state index in [2.05, 4.69) is 9.64 Å². The summed E-state index contributed by atoms with van der Waals surface area (Å²) in [6.45, 7) is 4.34. The fourth-order valence-electron chi connectivity index (χ4n) is 2.78. The minimum atomic E-state index is -0.217. The van der Waals surface area contributed by atoms with Gasteiger partial charge in [-0.25, -0.2) is 0 Å². The molecule has 1 fully saturated rings. The van der Waals surface area contributed by atoms with Gasteiger partial charge in [0, 0.05) is 6.54 Å². The zero-order chi connectivity index (χ0) is 15.6. The average molecular weight is 305 g/mol. The summed E-state index contributed by atoms with van der Waals surface area (Å²) in [6, 6.07) is 7.68. The number of hydrogen-bond donors (Lipinski definition) is 0. The van der Waals surface area contributed by atoms with Gasteiger partial charge in [-0.3, -0.25) is 4.79 Å². The molecule has 4 heteroatoms. The van der Waals surface area contributed by atoms with Gasteiger partial charge in [0.2, 0.25) is 0 Å². The molecule has 1 aromatic rings. The number of nitrogens with zero attached hydrogens (tertiary/aromatic N) is 1. The van der Waals surface area contributed by atoms with Gasteiger partial charge in [-0.15, -0.1) is 0 Å². The first-order chi connectivity index (χ1) is 10.8. The number of esters is 1. The largest absolute Gasteiger partial charge is 0.494 e. The molecular weight excluding hydrogens is 278 g/mol. The number of methoxy groups -OCH3 is 1. The smallest absolute Gasteiger partial charge is 0.309 e. The van der Waals surface area contributed by atoms with Crippen LogP contribution in [0.3, 0.4) is 0 Å². The molecule has 1 aliphatic heterocycles. The van der Waals surface area contributed by atoms with Crippen molar-refractivity contribution in [2.75, 3.05) is 33.4 Å². The predicted octanol–water partition coefficient (Wildman–Crippen LogP) is 3.05. The molecule has 2 rings (SSSR count). The van der Waals surface area contributed by atoms with Crippen molar-refractivity contribution in [3.05, 3.63) is 29.8 Å². The molecule has 0 N–H and O–H groups in total. The molecule has 22 heavy (non-hydrogen) atoms. The van der Waals surface area contributed by atoms with Crippen LogP contribution in [-0.4, -0.2) is 44.2 Å². The van der Waals surface area contributed by atoms with Crippen LogP contribution in [0.4, 0.5) is 0 Å². The molecule has 0 atom stereocenters. The number of benzene rings is 1. The Bertz CT molecular complexity index is 436. The Labute approximate surface area is 133 Å². The molecular formula is C18H27NO3. The molecule has 0 saturated carbocycles. The van der Waals surface area contributed by atoms with Crippen molar-refractivity contribution in [3.8, 4) is 5.75 Å². The maximum Gasteiger partial charge on any atom is 0.309 e. The first kappa shape index (κ1) is 16.8. The number of likely N-dealkylation sites (tertiary alicyclic amines) is 1. The summed E-state index contributed by atoms with van der Waals surface area (Å²) in [5.41, 5.74) is 0.948. The van der Waals surface area contributed by atoms with E-state index in [0.29, 0.717) is 6.42 Å². The van der Waals surface area contributed by atoms with Crippen LogP contribution >= 0.6 is 0 Å². The molecule has 122 valence electrons. The van der Waals surface area contributed by atoms with Crippen molar-refractivity contribution in [3.63, 3.8) is 0 Å². The molecule has 0 unspecified atom stereocenters. The third-order valence-electron chi connectivity index (χ3n) is 4.09. The van der Waals surface area contributed by atoms with E-state index in [1.54, 1.807) is 0 Å². The fourth-order valence-corrected chi connectivity index (χ4v) is 2.78. The lowest BCUT2D eigenvalue weighted by atomic mass is 10.1. The van der Waals surface area contributed by atoms with Gasteiger partial charge in [-0.1, -0.05) is 25.0 Å². The van der Waals surface area contributed by atoms with Gasteiger partial charge in [-0.05, 0) is 50.0 Å². The Morgan fingerprint density at radius 3 is 2.41 bits per heavy atom. The highest BCUT2D eigenvalue weighted by Gasteiger charge is 2.08.